The second-order valence-electron chi connectivity index (χ2n) is 3.81. The van der Waals surface area contributed by atoms with Gasteiger partial charge in [-0.15, -0.1) is 0 Å². The summed E-state index contributed by atoms with van der Waals surface area (Å²) in [5, 5.41) is 6.53. The van der Waals surface area contributed by atoms with Crippen LogP contribution < -0.4 is 15.4 Å². The van der Waals surface area contributed by atoms with Gasteiger partial charge in [0.15, 0.2) is 0 Å². The van der Waals surface area contributed by atoms with Crippen LogP contribution in [0.15, 0.2) is 0 Å². The lowest BCUT2D eigenvalue weighted by atomic mass is 10.1. The van der Waals surface area contributed by atoms with E-state index >= 15 is 0 Å². The van der Waals surface area contributed by atoms with E-state index < -0.39 is 10.0 Å². The van der Waals surface area contributed by atoms with Gasteiger partial charge < -0.3 is 10.6 Å². The van der Waals surface area contributed by atoms with Crippen molar-refractivity contribution in [1.29, 1.82) is 0 Å². The molecule has 1 unspecified atom stereocenters. The van der Waals surface area contributed by atoms with Crippen LogP contribution >= 0.6 is 0 Å². The Bertz CT molecular complexity index is 261. The maximum absolute atomic E-state index is 11.3. The van der Waals surface area contributed by atoms with E-state index in [9.17, 15) is 8.42 Å². The van der Waals surface area contributed by atoms with E-state index in [-0.39, 0.29) is 5.75 Å². The van der Waals surface area contributed by atoms with E-state index in [4.69, 9.17) is 0 Å². The van der Waals surface area contributed by atoms with Crippen LogP contribution in [-0.2, 0) is 10.0 Å². The molecular weight excluding hydrogens is 214 g/mol. The Morgan fingerprint density at radius 2 is 2.27 bits per heavy atom. The van der Waals surface area contributed by atoms with Crippen LogP contribution in [-0.4, -0.2) is 46.4 Å². The monoisotopic (exact) mass is 235 g/mol. The summed E-state index contributed by atoms with van der Waals surface area (Å²) in [7, 11) is -3.07. The summed E-state index contributed by atoms with van der Waals surface area (Å²) < 4.78 is 25.1. The molecule has 0 aromatic rings. The highest BCUT2D eigenvalue weighted by Crippen LogP contribution is 2.00. The molecule has 3 N–H and O–H groups in total. The molecule has 1 heterocycles. The van der Waals surface area contributed by atoms with E-state index in [2.05, 4.69) is 15.4 Å². The largest absolute Gasteiger partial charge is 0.315 e. The smallest absolute Gasteiger partial charge is 0.212 e. The third kappa shape index (κ3) is 5.46. The predicted molar refractivity (Wildman–Crippen MR) is 61.4 cm³/mol. The van der Waals surface area contributed by atoms with Gasteiger partial charge in [0, 0.05) is 25.7 Å². The molecule has 0 radical (unpaired) electrons. The standard InChI is InChI=1S/C9H21N3O2S/c1-2-12-15(13,14)7-6-11-9-4-3-5-10-8-9/h9-12H,2-8H2,1H3. The summed E-state index contributed by atoms with van der Waals surface area (Å²) in [6.45, 7) is 4.81. The minimum atomic E-state index is -3.07. The topological polar surface area (TPSA) is 70.2 Å². The van der Waals surface area contributed by atoms with Crippen LogP contribution in [0, 0.1) is 0 Å². The Hall–Kier alpha value is -0.170. The zero-order valence-electron chi connectivity index (χ0n) is 9.25. The lowest BCUT2D eigenvalue weighted by molar-refractivity contribution is 0.397. The number of sulfonamides is 1. The molecule has 1 aliphatic heterocycles. The quantitative estimate of drug-likeness (QED) is 0.567. The average molecular weight is 235 g/mol. The minimum absolute atomic E-state index is 0.164. The summed E-state index contributed by atoms with van der Waals surface area (Å²) in [5.74, 6) is 0.164. The highest BCUT2D eigenvalue weighted by atomic mass is 32.2. The molecule has 1 fully saturated rings. The van der Waals surface area contributed by atoms with Crippen molar-refractivity contribution in [3.05, 3.63) is 0 Å². The van der Waals surface area contributed by atoms with Gasteiger partial charge in [-0.05, 0) is 19.4 Å². The van der Waals surface area contributed by atoms with Gasteiger partial charge in [0.05, 0.1) is 5.75 Å². The van der Waals surface area contributed by atoms with Crippen molar-refractivity contribution in [2.45, 2.75) is 25.8 Å². The molecule has 15 heavy (non-hydrogen) atoms. The van der Waals surface area contributed by atoms with E-state index in [0.717, 1.165) is 25.9 Å². The molecule has 0 aromatic carbocycles. The molecule has 0 aliphatic carbocycles. The zero-order valence-corrected chi connectivity index (χ0v) is 10.1. The van der Waals surface area contributed by atoms with Crippen LogP contribution in [0.25, 0.3) is 0 Å². The Kier molecular flexibility index (Phi) is 5.52. The minimum Gasteiger partial charge on any atom is -0.315 e. The Morgan fingerprint density at radius 3 is 2.87 bits per heavy atom. The van der Waals surface area contributed by atoms with E-state index in [1.807, 2.05) is 0 Å². The molecule has 0 saturated carbocycles. The molecule has 1 saturated heterocycles. The van der Waals surface area contributed by atoms with Crippen molar-refractivity contribution in [1.82, 2.24) is 15.4 Å². The highest BCUT2D eigenvalue weighted by molar-refractivity contribution is 7.89. The molecule has 6 heteroatoms. The SMILES string of the molecule is CCNS(=O)(=O)CCNC1CCCNC1. The third-order valence-electron chi connectivity index (χ3n) is 2.46. The first-order valence-corrected chi connectivity index (χ1v) is 7.20. The number of hydrogen-bond donors (Lipinski definition) is 3. The maximum atomic E-state index is 11.3. The van der Waals surface area contributed by atoms with Gasteiger partial charge in [-0.3, -0.25) is 0 Å². The fourth-order valence-electron chi connectivity index (χ4n) is 1.72. The molecule has 90 valence electrons. The fraction of sp³-hybridized carbons (Fsp3) is 1.00. The number of rotatable bonds is 6. The first kappa shape index (κ1) is 12.9. The Morgan fingerprint density at radius 1 is 1.47 bits per heavy atom. The summed E-state index contributed by atoms with van der Waals surface area (Å²) >= 11 is 0. The van der Waals surface area contributed by atoms with Crippen LogP contribution in [0.1, 0.15) is 19.8 Å². The van der Waals surface area contributed by atoms with E-state index in [0.29, 0.717) is 19.1 Å². The number of nitrogens with one attached hydrogen (secondary N) is 3. The van der Waals surface area contributed by atoms with Gasteiger partial charge in [0.2, 0.25) is 10.0 Å². The molecule has 0 spiro atoms. The molecule has 1 aliphatic rings. The second kappa shape index (κ2) is 6.42. The van der Waals surface area contributed by atoms with Gasteiger partial charge in [0.1, 0.15) is 0 Å². The zero-order chi connectivity index (χ0) is 11.1. The van der Waals surface area contributed by atoms with Gasteiger partial charge in [-0.2, -0.15) is 0 Å². The van der Waals surface area contributed by atoms with E-state index in [1.165, 1.54) is 0 Å². The molecule has 0 bridgehead atoms. The first-order valence-electron chi connectivity index (χ1n) is 5.55. The predicted octanol–water partition coefficient (Wildman–Crippen LogP) is -0.733. The number of piperidine rings is 1. The summed E-state index contributed by atoms with van der Waals surface area (Å²) in [5.41, 5.74) is 0. The van der Waals surface area contributed by atoms with Crippen molar-refractivity contribution < 1.29 is 8.42 Å². The number of hydrogen-bond acceptors (Lipinski definition) is 4. The van der Waals surface area contributed by atoms with Crippen molar-refractivity contribution in [2.24, 2.45) is 0 Å². The van der Waals surface area contributed by atoms with Gasteiger partial charge in [0.25, 0.3) is 0 Å². The summed E-state index contributed by atoms with van der Waals surface area (Å²) in [4.78, 5) is 0. The molecule has 0 amide bonds. The van der Waals surface area contributed by atoms with Crippen LogP contribution in [0.4, 0.5) is 0 Å². The van der Waals surface area contributed by atoms with Gasteiger partial charge in [-0.1, -0.05) is 6.92 Å². The third-order valence-corrected chi connectivity index (χ3v) is 3.94. The summed E-state index contributed by atoms with van der Waals surface area (Å²) in [6.07, 6.45) is 2.30. The van der Waals surface area contributed by atoms with E-state index in [1.54, 1.807) is 6.92 Å². The molecular formula is C9H21N3O2S. The molecule has 5 nitrogen and oxygen atoms in total. The van der Waals surface area contributed by atoms with Crippen LogP contribution in [0.5, 0.6) is 0 Å². The van der Waals surface area contributed by atoms with Crippen molar-refractivity contribution in [3.8, 4) is 0 Å². The lowest BCUT2D eigenvalue weighted by Gasteiger charge is -2.23. The lowest BCUT2D eigenvalue weighted by Crippen LogP contribution is -2.45. The molecule has 1 rings (SSSR count). The average Bonchev–Trinajstić information content (AvgIpc) is 2.19. The Labute approximate surface area is 92.1 Å². The summed E-state index contributed by atoms with van der Waals surface area (Å²) in [6, 6.07) is 0.426. The van der Waals surface area contributed by atoms with Gasteiger partial charge >= 0.3 is 0 Å². The van der Waals surface area contributed by atoms with Gasteiger partial charge in [-0.25, -0.2) is 13.1 Å². The van der Waals surface area contributed by atoms with Crippen LogP contribution in [0.2, 0.25) is 0 Å². The van der Waals surface area contributed by atoms with Crippen molar-refractivity contribution >= 4 is 10.0 Å². The maximum Gasteiger partial charge on any atom is 0.212 e. The van der Waals surface area contributed by atoms with Crippen LogP contribution in [0.3, 0.4) is 0 Å². The molecule has 0 aromatic heterocycles. The highest BCUT2D eigenvalue weighted by Gasteiger charge is 2.13. The Balaban J connectivity index is 2.14. The fourth-order valence-corrected chi connectivity index (χ4v) is 2.69. The normalized spacial score (nSPS) is 22.9. The molecule has 1 atom stereocenters. The first-order chi connectivity index (χ1) is 7.14. The van der Waals surface area contributed by atoms with Crippen molar-refractivity contribution in [3.63, 3.8) is 0 Å². The van der Waals surface area contributed by atoms with Crippen molar-refractivity contribution in [2.75, 3.05) is 31.9 Å². The second-order valence-corrected chi connectivity index (χ2v) is 5.74.